The molecule has 2 rings (SSSR count). The number of guanidine groups is 1. The summed E-state index contributed by atoms with van der Waals surface area (Å²) >= 11 is 1.96. The van der Waals surface area contributed by atoms with Gasteiger partial charge in [-0.05, 0) is 36.3 Å². The van der Waals surface area contributed by atoms with Gasteiger partial charge in [-0.25, -0.2) is 0 Å². The molecule has 1 unspecified atom stereocenters. The molecule has 1 aliphatic heterocycles. The van der Waals surface area contributed by atoms with E-state index in [0.717, 1.165) is 24.2 Å². The van der Waals surface area contributed by atoms with Gasteiger partial charge in [0.25, 0.3) is 0 Å². The SMILES string of the molecule is CN=C(NCc1ccc(C(F)(F)F)cc1)NCC1CCCS1.I. The van der Waals surface area contributed by atoms with Crippen LogP contribution in [-0.2, 0) is 12.7 Å². The van der Waals surface area contributed by atoms with Crippen LogP contribution in [0, 0.1) is 0 Å². The van der Waals surface area contributed by atoms with Crippen molar-refractivity contribution < 1.29 is 13.2 Å². The Bertz CT molecular complexity index is 500. The van der Waals surface area contributed by atoms with E-state index in [-0.39, 0.29) is 24.0 Å². The summed E-state index contributed by atoms with van der Waals surface area (Å²) < 4.78 is 37.5. The van der Waals surface area contributed by atoms with E-state index in [4.69, 9.17) is 0 Å². The molecule has 0 spiro atoms. The summed E-state index contributed by atoms with van der Waals surface area (Å²) in [5.41, 5.74) is 0.156. The lowest BCUT2D eigenvalue weighted by Crippen LogP contribution is -2.39. The molecule has 1 aliphatic rings. The molecule has 0 aliphatic carbocycles. The Kier molecular flexibility index (Phi) is 8.52. The second-order valence-electron chi connectivity index (χ2n) is 5.14. The standard InChI is InChI=1S/C15H20F3N3S.HI/c1-19-14(21-10-13-3-2-8-22-13)20-9-11-4-6-12(7-5-11)15(16,17)18;/h4-7,13H,2-3,8-10H2,1H3,(H2,19,20,21);1H. The molecule has 0 saturated carbocycles. The van der Waals surface area contributed by atoms with Gasteiger partial charge >= 0.3 is 6.18 Å². The third kappa shape index (κ3) is 6.78. The highest BCUT2D eigenvalue weighted by Crippen LogP contribution is 2.29. The number of rotatable bonds is 4. The fraction of sp³-hybridized carbons (Fsp3) is 0.533. The average Bonchev–Trinajstić information content (AvgIpc) is 3.00. The predicted molar refractivity (Wildman–Crippen MR) is 101 cm³/mol. The normalized spacial score (nSPS) is 18.4. The van der Waals surface area contributed by atoms with Crippen molar-refractivity contribution in [2.24, 2.45) is 4.99 Å². The smallest absolute Gasteiger partial charge is 0.355 e. The summed E-state index contributed by atoms with van der Waals surface area (Å²) in [5, 5.41) is 6.99. The van der Waals surface area contributed by atoms with Crippen LogP contribution in [0.3, 0.4) is 0 Å². The molecule has 1 saturated heterocycles. The molecule has 0 aromatic heterocycles. The molecule has 23 heavy (non-hydrogen) atoms. The van der Waals surface area contributed by atoms with Crippen molar-refractivity contribution in [3.05, 3.63) is 35.4 Å². The van der Waals surface area contributed by atoms with Gasteiger partial charge in [0.2, 0.25) is 0 Å². The van der Waals surface area contributed by atoms with Gasteiger partial charge < -0.3 is 10.6 Å². The van der Waals surface area contributed by atoms with Crippen LogP contribution in [-0.4, -0.2) is 30.6 Å². The summed E-state index contributed by atoms with van der Waals surface area (Å²) in [6.07, 6.45) is -1.81. The quantitative estimate of drug-likeness (QED) is 0.408. The van der Waals surface area contributed by atoms with Crippen molar-refractivity contribution in [3.63, 3.8) is 0 Å². The first-order chi connectivity index (χ1) is 10.5. The van der Waals surface area contributed by atoms with Gasteiger partial charge in [-0.15, -0.1) is 24.0 Å². The van der Waals surface area contributed by atoms with Crippen LogP contribution in [0.2, 0.25) is 0 Å². The Morgan fingerprint density at radius 3 is 2.48 bits per heavy atom. The van der Waals surface area contributed by atoms with Crippen LogP contribution >= 0.6 is 35.7 Å². The lowest BCUT2D eigenvalue weighted by Gasteiger charge is -2.15. The number of nitrogens with zero attached hydrogens (tertiary/aromatic N) is 1. The largest absolute Gasteiger partial charge is 0.416 e. The molecular weight excluding hydrogens is 438 g/mol. The van der Waals surface area contributed by atoms with Gasteiger partial charge in [0, 0.05) is 25.4 Å². The average molecular weight is 459 g/mol. The molecule has 130 valence electrons. The van der Waals surface area contributed by atoms with Crippen molar-refractivity contribution in [1.29, 1.82) is 0 Å². The lowest BCUT2D eigenvalue weighted by atomic mass is 10.1. The van der Waals surface area contributed by atoms with Crippen molar-refractivity contribution in [2.45, 2.75) is 30.8 Å². The fourth-order valence-corrected chi connectivity index (χ4v) is 3.43. The summed E-state index contributed by atoms with van der Waals surface area (Å²) in [6, 6.07) is 5.16. The van der Waals surface area contributed by atoms with E-state index in [1.54, 1.807) is 7.05 Å². The summed E-state index contributed by atoms with van der Waals surface area (Å²) in [7, 11) is 1.68. The highest BCUT2D eigenvalue weighted by atomic mass is 127. The minimum Gasteiger partial charge on any atom is -0.355 e. The van der Waals surface area contributed by atoms with Crippen LogP contribution in [0.1, 0.15) is 24.0 Å². The maximum atomic E-state index is 12.5. The Morgan fingerprint density at radius 1 is 1.26 bits per heavy atom. The number of benzene rings is 1. The van der Waals surface area contributed by atoms with E-state index < -0.39 is 11.7 Å². The highest BCUT2D eigenvalue weighted by molar-refractivity contribution is 14.0. The lowest BCUT2D eigenvalue weighted by molar-refractivity contribution is -0.137. The topological polar surface area (TPSA) is 36.4 Å². The molecule has 8 heteroatoms. The van der Waals surface area contributed by atoms with E-state index in [2.05, 4.69) is 15.6 Å². The first-order valence-corrected chi connectivity index (χ1v) is 8.26. The molecule has 1 atom stereocenters. The van der Waals surface area contributed by atoms with Crippen LogP contribution in [0.25, 0.3) is 0 Å². The van der Waals surface area contributed by atoms with E-state index in [1.807, 2.05) is 11.8 Å². The van der Waals surface area contributed by atoms with E-state index >= 15 is 0 Å². The van der Waals surface area contributed by atoms with E-state index in [0.29, 0.717) is 17.8 Å². The molecule has 1 aromatic rings. The Hall–Kier alpha value is -0.640. The van der Waals surface area contributed by atoms with Crippen molar-refractivity contribution in [1.82, 2.24) is 10.6 Å². The summed E-state index contributed by atoms with van der Waals surface area (Å²) in [6.45, 7) is 1.30. The molecule has 1 heterocycles. The first kappa shape index (κ1) is 20.4. The van der Waals surface area contributed by atoms with Crippen LogP contribution in [0.4, 0.5) is 13.2 Å². The van der Waals surface area contributed by atoms with Crippen LogP contribution in [0.5, 0.6) is 0 Å². The van der Waals surface area contributed by atoms with E-state index in [9.17, 15) is 13.2 Å². The van der Waals surface area contributed by atoms with Crippen molar-refractivity contribution in [2.75, 3.05) is 19.3 Å². The van der Waals surface area contributed by atoms with Gasteiger partial charge in [0.15, 0.2) is 5.96 Å². The fourth-order valence-electron chi connectivity index (χ4n) is 2.23. The minimum atomic E-state index is -4.29. The highest BCUT2D eigenvalue weighted by Gasteiger charge is 2.29. The molecule has 3 nitrogen and oxygen atoms in total. The first-order valence-electron chi connectivity index (χ1n) is 7.21. The Morgan fingerprint density at radius 2 is 1.96 bits per heavy atom. The minimum absolute atomic E-state index is 0. The molecule has 0 radical (unpaired) electrons. The number of alkyl halides is 3. The molecule has 1 aromatic carbocycles. The second kappa shape index (κ2) is 9.61. The molecular formula is C15H21F3IN3S. The van der Waals surface area contributed by atoms with Gasteiger partial charge in [0.05, 0.1) is 5.56 Å². The Balaban J connectivity index is 0.00000264. The van der Waals surface area contributed by atoms with Crippen LogP contribution < -0.4 is 10.6 Å². The zero-order valence-corrected chi connectivity index (χ0v) is 16.0. The number of nitrogens with one attached hydrogen (secondary N) is 2. The van der Waals surface area contributed by atoms with Gasteiger partial charge in [-0.2, -0.15) is 24.9 Å². The van der Waals surface area contributed by atoms with Gasteiger partial charge in [-0.1, -0.05) is 12.1 Å². The monoisotopic (exact) mass is 459 g/mol. The Labute approximate surface area is 155 Å². The summed E-state index contributed by atoms with van der Waals surface area (Å²) in [5.74, 6) is 1.89. The maximum Gasteiger partial charge on any atom is 0.416 e. The predicted octanol–water partition coefficient (Wildman–Crippen LogP) is 3.88. The zero-order chi connectivity index (χ0) is 16.0. The molecule has 0 bridgehead atoms. The van der Waals surface area contributed by atoms with Crippen LogP contribution in [0.15, 0.2) is 29.3 Å². The number of aliphatic imine (C=N–C) groups is 1. The van der Waals surface area contributed by atoms with Gasteiger partial charge in [0.1, 0.15) is 0 Å². The molecule has 2 N–H and O–H groups in total. The third-order valence-electron chi connectivity index (χ3n) is 3.49. The number of hydrogen-bond acceptors (Lipinski definition) is 2. The van der Waals surface area contributed by atoms with Crippen molar-refractivity contribution in [3.8, 4) is 0 Å². The zero-order valence-electron chi connectivity index (χ0n) is 12.8. The maximum absolute atomic E-state index is 12.5. The third-order valence-corrected chi connectivity index (χ3v) is 4.88. The summed E-state index contributed by atoms with van der Waals surface area (Å²) in [4.78, 5) is 4.13. The number of thioether (sulfide) groups is 1. The molecule has 0 amide bonds. The second-order valence-corrected chi connectivity index (χ2v) is 6.54. The number of hydrogen-bond donors (Lipinski definition) is 2. The van der Waals surface area contributed by atoms with Crippen molar-refractivity contribution >= 4 is 41.7 Å². The molecule has 1 fully saturated rings. The van der Waals surface area contributed by atoms with E-state index in [1.165, 1.54) is 30.7 Å². The number of halogens is 4. The van der Waals surface area contributed by atoms with Gasteiger partial charge in [-0.3, -0.25) is 4.99 Å².